The number of nitrogen functional groups attached to an aromatic ring is 1. The van der Waals surface area contributed by atoms with Gasteiger partial charge < -0.3 is 10.5 Å². The molecule has 0 amide bonds. The molecule has 6 heteroatoms. The van der Waals surface area contributed by atoms with E-state index in [1.165, 1.54) is 18.2 Å². The normalized spacial score (nSPS) is 10.1. The topological polar surface area (TPSA) is 59.0 Å². The lowest BCUT2D eigenvalue weighted by Gasteiger charge is -2.11. The molecule has 0 aliphatic heterocycles. The van der Waals surface area contributed by atoms with Crippen LogP contribution in [0.2, 0.25) is 0 Å². The van der Waals surface area contributed by atoms with Crippen molar-refractivity contribution in [3.63, 3.8) is 0 Å². The molecular weight excluding hydrogens is 391 g/mol. The second-order valence-electron chi connectivity index (χ2n) is 4.02. The predicted molar refractivity (Wildman–Crippen MR) is 81.7 cm³/mol. The molecule has 2 rings (SSSR count). The first-order valence-electron chi connectivity index (χ1n) is 5.57. The van der Waals surface area contributed by atoms with E-state index in [0.717, 1.165) is 0 Å². The smallest absolute Gasteiger partial charge is 0.148 e. The van der Waals surface area contributed by atoms with Crippen LogP contribution in [-0.4, -0.2) is 0 Å². The largest absolute Gasteiger partial charge is 0.486 e. The van der Waals surface area contributed by atoms with E-state index in [1.54, 1.807) is 12.1 Å². The van der Waals surface area contributed by atoms with Crippen molar-refractivity contribution in [3.05, 3.63) is 56.2 Å². The van der Waals surface area contributed by atoms with Crippen LogP contribution in [0.1, 0.15) is 11.1 Å². The molecule has 20 heavy (non-hydrogen) atoms. The van der Waals surface area contributed by atoms with Crippen molar-refractivity contribution in [2.45, 2.75) is 6.61 Å². The van der Waals surface area contributed by atoms with Gasteiger partial charge in [0, 0.05) is 11.3 Å². The summed E-state index contributed by atoms with van der Waals surface area (Å²) >= 11 is 6.67. The summed E-state index contributed by atoms with van der Waals surface area (Å²) in [6.07, 6.45) is 0. The SMILES string of the molecule is N#Cc1ccc(F)c(COc2c(Br)cc(N)cc2Br)c1. The summed E-state index contributed by atoms with van der Waals surface area (Å²) in [6.45, 7) is 0.0163. The Morgan fingerprint density at radius 2 is 1.85 bits per heavy atom. The molecule has 0 radical (unpaired) electrons. The first-order chi connectivity index (χ1) is 9.51. The van der Waals surface area contributed by atoms with E-state index in [2.05, 4.69) is 31.9 Å². The van der Waals surface area contributed by atoms with Gasteiger partial charge in [-0.2, -0.15) is 5.26 Å². The summed E-state index contributed by atoms with van der Waals surface area (Å²) in [7, 11) is 0. The van der Waals surface area contributed by atoms with Gasteiger partial charge in [0.2, 0.25) is 0 Å². The van der Waals surface area contributed by atoms with Crippen LogP contribution in [0.4, 0.5) is 10.1 Å². The van der Waals surface area contributed by atoms with E-state index >= 15 is 0 Å². The predicted octanol–water partition coefficient (Wildman–Crippen LogP) is 4.38. The van der Waals surface area contributed by atoms with Crippen LogP contribution in [0, 0.1) is 17.1 Å². The Morgan fingerprint density at radius 3 is 2.45 bits per heavy atom. The molecule has 102 valence electrons. The van der Waals surface area contributed by atoms with Gasteiger partial charge in [0.25, 0.3) is 0 Å². The molecule has 0 saturated heterocycles. The van der Waals surface area contributed by atoms with Crippen LogP contribution in [-0.2, 0) is 6.61 Å². The summed E-state index contributed by atoms with van der Waals surface area (Å²) < 4.78 is 20.6. The minimum absolute atomic E-state index is 0.0163. The Morgan fingerprint density at radius 1 is 1.20 bits per heavy atom. The quantitative estimate of drug-likeness (QED) is 0.779. The molecule has 0 bridgehead atoms. The van der Waals surface area contributed by atoms with Gasteiger partial charge in [-0.25, -0.2) is 4.39 Å². The van der Waals surface area contributed by atoms with Gasteiger partial charge in [-0.05, 0) is 62.2 Å². The van der Waals surface area contributed by atoms with Crippen molar-refractivity contribution in [1.82, 2.24) is 0 Å². The highest BCUT2D eigenvalue weighted by molar-refractivity contribution is 9.11. The molecule has 2 N–H and O–H groups in total. The molecule has 0 heterocycles. The number of nitriles is 1. The van der Waals surface area contributed by atoms with Gasteiger partial charge in [-0.1, -0.05) is 0 Å². The number of halogens is 3. The van der Waals surface area contributed by atoms with Crippen LogP contribution in [0.15, 0.2) is 39.3 Å². The maximum atomic E-state index is 13.6. The van der Waals surface area contributed by atoms with E-state index in [-0.39, 0.29) is 6.61 Å². The Hall–Kier alpha value is -1.58. The van der Waals surface area contributed by atoms with E-state index in [0.29, 0.717) is 31.5 Å². The van der Waals surface area contributed by atoms with Crippen LogP contribution >= 0.6 is 31.9 Å². The molecule has 2 aromatic rings. The summed E-state index contributed by atoms with van der Waals surface area (Å²) in [5, 5.41) is 8.81. The highest BCUT2D eigenvalue weighted by Gasteiger charge is 2.10. The fraction of sp³-hybridized carbons (Fsp3) is 0.0714. The Bertz CT molecular complexity index is 675. The number of hydrogen-bond donors (Lipinski definition) is 1. The van der Waals surface area contributed by atoms with Crippen LogP contribution in [0.25, 0.3) is 0 Å². The van der Waals surface area contributed by atoms with Gasteiger partial charge in [0.1, 0.15) is 18.2 Å². The van der Waals surface area contributed by atoms with Crippen molar-refractivity contribution in [3.8, 4) is 11.8 Å². The number of rotatable bonds is 3. The molecule has 3 nitrogen and oxygen atoms in total. The number of anilines is 1. The Balaban J connectivity index is 2.24. The fourth-order valence-corrected chi connectivity index (χ4v) is 3.07. The maximum Gasteiger partial charge on any atom is 0.148 e. The van der Waals surface area contributed by atoms with Crippen molar-refractivity contribution < 1.29 is 9.13 Å². The third kappa shape index (κ3) is 3.30. The lowest BCUT2D eigenvalue weighted by molar-refractivity contribution is 0.296. The Kier molecular flexibility index (Phi) is 4.63. The molecule has 2 aromatic carbocycles. The van der Waals surface area contributed by atoms with Crippen molar-refractivity contribution in [2.75, 3.05) is 5.73 Å². The standard InChI is InChI=1S/C14H9Br2FN2O/c15-11-4-10(19)5-12(16)14(11)20-7-9-3-8(6-18)1-2-13(9)17/h1-5H,7,19H2. The third-order valence-electron chi connectivity index (χ3n) is 2.57. The molecule has 0 saturated carbocycles. The minimum atomic E-state index is -0.410. The van der Waals surface area contributed by atoms with Crippen LogP contribution < -0.4 is 10.5 Å². The molecule has 0 unspecified atom stereocenters. The molecule has 0 fully saturated rings. The average molecular weight is 400 g/mol. The first-order valence-corrected chi connectivity index (χ1v) is 7.15. The number of hydrogen-bond acceptors (Lipinski definition) is 3. The maximum absolute atomic E-state index is 13.6. The fourth-order valence-electron chi connectivity index (χ4n) is 1.62. The monoisotopic (exact) mass is 398 g/mol. The number of ether oxygens (including phenoxy) is 1. The lowest BCUT2D eigenvalue weighted by atomic mass is 10.1. The van der Waals surface area contributed by atoms with Gasteiger partial charge in [0.15, 0.2) is 0 Å². The highest BCUT2D eigenvalue weighted by atomic mass is 79.9. The third-order valence-corrected chi connectivity index (χ3v) is 3.75. The molecule has 0 atom stereocenters. The summed E-state index contributed by atoms with van der Waals surface area (Å²) in [4.78, 5) is 0. The highest BCUT2D eigenvalue weighted by Crippen LogP contribution is 2.36. The molecular formula is C14H9Br2FN2O. The van der Waals surface area contributed by atoms with Gasteiger partial charge in [0.05, 0.1) is 20.6 Å². The zero-order valence-electron chi connectivity index (χ0n) is 10.2. The summed E-state index contributed by atoms with van der Waals surface area (Å²) in [5.41, 5.74) is 6.97. The van der Waals surface area contributed by atoms with Crippen LogP contribution in [0.5, 0.6) is 5.75 Å². The zero-order valence-corrected chi connectivity index (χ0v) is 13.3. The first kappa shape index (κ1) is 14.8. The molecule has 0 spiro atoms. The molecule has 0 aliphatic rings. The lowest BCUT2D eigenvalue weighted by Crippen LogP contribution is -2.01. The van der Waals surface area contributed by atoms with E-state index in [4.69, 9.17) is 15.7 Å². The number of nitrogens with two attached hydrogens (primary N) is 1. The summed E-state index contributed by atoms with van der Waals surface area (Å²) in [5.74, 6) is 0.118. The molecule has 0 aliphatic carbocycles. The average Bonchev–Trinajstić information content (AvgIpc) is 2.39. The van der Waals surface area contributed by atoms with Gasteiger partial charge in [-0.15, -0.1) is 0 Å². The van der Waals surface area contributed by atoms with Crippen LogP contribution in [0.3, 0.4) is 0 Å². The Labute approximate surface area is 132 Å². The van der Waals surface area contributed by atoms with Gasteiger partial charge in [-0.3, -0.25) is 0 Å². The minimum Gasteiger partial charge on any atom is -0.486 e. The second kappa shape index (κ2) is 6.25. The number of benzene rings is 2. The van der Waals surface area contributed by atoms with Crippen molar-refractivity contribution in [2.24, 2.45) is 0 Å². The van der Waals surface area contributed by atoms with E-state index in [9.17, 15) is 4.39 Å². The number of nitrogens with zero attached hydrogens (tertiary/aromatic N) is 1. The summed E-state index contributed by atoms with van der Waals surface area (Å²) in [6, 6.07) is 9.50. The molecule has 0 aromatic heterocycles. The van der Waals surface area contributed by atoms with Crippen molar-refractivity contribution >= 4 is 37.5 Å². The zero-order chi connectivity index (χ0) is 14.7. The van der Waals surface area contributed by atoms with Crippen molar-refractivity contribution in [1.29, 1.82) is 5.26 Å². The van der Waals surface area contributed by atoms with E-state index in [1.807, 2.05) is 6.07 Å². The van der Waals surface area contributed by atoms with Gasteiger partial charge >= 0.3 is 0 Å². The van der Waals surface area contributed by atoms with E-state index < -0.39 is 5.82 Å². The second-order valence-corrected chi connectivity index (χ2v) is 5.73.